The van der Waals surface area contributed by atoms with Crippen molar-refractivity contribution in [2.45, 2.75) is 52.2 Å². The van der Waals surface area contributed by atoms with Crippen molar-refractivity contribution in [2.24, 2.45) is 0 Å². The second-order valence-corrected chi connectivity index (χ2v) is 7.62. The molecule has 0 bridgehead atoms. The summed E-state index contributed by atoms with van der Waals surface area (Å²) in [5.41, 5.74) is 1.28. The van der Waals surface area contributed by atoms with Crippen LogP contribution in [0.1, 0.15) is 50.1 Å². The summed E-state index contributed by atoms with van der Waals surface area (Å²) in [7, 11) is 1.79. The summed E-state index contributed by atoms with van der Waals surface area (Å²) in [4.78, 5) is 1.41. The molecule has 0 aromatic carbocycles. The summed E-state index contributed by atoms with van der Waals surface area (Å²) in [6.07, 6.45) is 2.15. The van der Waals surface area contributed by atoms with Gasteiger partial charge >= 0.3 is 0 Å². The minimum Gasteiger partial charge on any atom is -0.379 e. The van der Waals surface area contributed by atoms with Gasteiger partial charge in [-0.15, -0.1) is 11.3 Å². The van der Waals surface area contributed by atoms with Crippen LogP contribution < -0.4 is 5.32 Å². The molecule has 0 radical (unpaired) electrons. The molecule has 0 saturated carbocycles. The summed E-state index contributed by atoms with van der Waals surface area (Å²) >= 11 is 5.44. The fraction of sp³-hybridized carbons (Fsp3) is 0.714. The van der Waals surface area contributed by atoms with Crippen LogP contribution in [-0.2, 0) is 4.74 Å². The van der Waals surface area contributed by atoms with E-state index in [1.54, 1.807) is 7.11 Å². The Labute approximate surface area is 123 Å². The smallest absolute Gasteiger partial charge is 0.0731 e. The number of nitrogens with one attached hydrogen (secondary N) is 1. The maximum atomic E-state index is 5.50. The lowest BCUT2D eigenvalue weighted by atomic mass is 9.98. The molecule has 1 rings (SSSR count). The van der Waals surface area contributed by atoms with Gasteiger partial charge in [-0.25, -0.2) is 0 Å². The van der Waals surface area contributed by atoms with E-state index >= 15 is 0 Å². The standard InChI is InChI=1S/C14H24BrNOS/c1-6-16-11(7-8-14(3,4)17-5)12-9-10(2)13(15)18-12/h9,11,16H,6-8H2,1-5H3. The average molecular weight is 334 g/mol. The molecule has 18 heavy (non-hydrogen) atoms. The Morgan fingerprint density at radius 3 is 2.61 bits per heavy atom. The molecule has 1 aromatic rings. The highest BCUT2D eigenvalue weighted by Crippen LogP contribution is 2.34. The van der Waals surface area contributed by atoms with Gasteiger partial charge in [0.1, 0.15) is 0 Å². The van der Waals surface area contributed by atoms with Gasteiger partial charge in [-0.05, 0) is 67.7 Å². The second-order valence-electron chi connectivity index (χ2n) is 5.22. The minimum atomic E-state index is -0.0444. The van der Waals surface area contributed by atoms with E-state index in [1.165, 1.54) is 14.2 Å². The molecule has 1 unspecified atom stereocenters. The molecule has 0 aliphatic heterocycles. The highest BCUT2D eigenvalue weighted by atomic mass is 79.9. The van der Waals surface area contributed by atoms with Gasteiger partial charge in [-0.2, -0.15) is 0 Å². The number of ether oxygens (including phenoxy) is 1. The van der Waals surface area contributed by atoms with Crippen LogP contribution in [-0.4, -0.2) is 19.3 Å². The lowest BCUT2D eigenvalue weighted by molar-refractivity contribution is 0.0118. The topological polar surface area (TPSA) is 21.3 Å². The molecule has 0 saturated heterocycles. The van der Waals surface area contributed by atoms with Crippen LogP contribution in [0.5, 0.6) is 0 Å². The summed E-state index contributed by atoms with van der Waals surface area (Å²) < 4.78 is 6.74. The molecule has 1 N–H and O–H groups in total. The summed E-state index contributed by atoms with van der Waals surface area (Å²) in [6, 6.07) is 2.71. The Morgan fingerprint density at radius 2 is 2.17 bits per heavy atom. The summed E-state index contributed by atoms with van der Waals surface area (Å²) in [6.45, 7) is 9.58. The molecule has 0 aliphatic carbocycles. The normalized spacial score (nSPS) is 13.9. The van der Waals surface area contributed by atoms with E-state index in [0.29, 0.717) is 6.04 Å². The van der Waals surface area contributed by atoms with Crippen LogP contribution in [0.4, 0.5) is 0 Å². The molecular formula is C14H24BrNOS. The number of rotatable bonds is 7. The Kier molecular flexibility index (Phi) is 6.31. The minimum absolute atomic E-state index is 0.0444. The Hall–Kier alpha value is 0.1000. The molecule has 0 fully saturated rings. The van der Waals surface area contributed by atoms with Gasteiger partial charge < -0.3 is 10.1 Å². The lowest BCUT2D eigenvalue weighted by Gasteiger charge is -2.26. The van der Waals surface area contributed by atoms with Crippen molar-refractivity contribution >= 4 is 27.3 Å². The molecule has 0 spiro atoms. The lowest BCUT2D eigenvalue weighted by Crippen LogP contribution is -2.27. The van der Waals surface area contributed by atoms with Crippen molar-refractivity contribution < 1.29 is 4.74 Å². The van der Waals surface area contributed by atoms with Crippen molar-refractivity contribution in [1.82, 2.24) is 5.32 Å². The predicted molar refractivity (Wildman–Crippen MR) is 83.5 cm³/mol. The largest absolute Gasteiger partial charge is 0.379 e. The summed E-state index contributed by atoms with van der Waals surface area (Å²) in [5, 5.41) is 3.57. The third-order valence-electron chi connectivity index (χ3n) is 3.26. The quantitative estimate of drug-likeness (QED) is 0.782. The Bertz CT molecular complexity index is 356. The van der Waals surface area contributed by atoms with Crippen LogP contribution in [0.25, 0.3) is 0 Å². The van der Waals surface area contributed by atoms with E-state index in [-0.39, 0.29) is 5.60 Å². The molecule has 4 heteroatoms. The third-order valence-corrected chi connectivity index (χ3v) is 5.51. The van der Waals surface area contributed by atoms with Crippen molar-refractivity contribution in [1.29, 1.82) is 0 Å². The average Bonchev–Trinajstić information content (AvgIpc) is 2.65. The number of hydrogen-bond donors (Lipinski definition) is 1. The number of thiophene rings is 1. The van der Waals surface area contributed by atoms with Gasteiger partial charge in [-0.3, -0.25) is 0 Å². The van der Waals surface area contributed by atoms with Gasteiger partial charge in [-0.1, -0.05) is 6.92 Å². The van der Waals surface area contributed by atoms with Crippen molar-refractivity contribution in [3.05, 3.63) is 20.3 Å². The van der Waals surface area contributed by atoms with Crippen LogP contribution >= 0.6 is 27.3 Å². The van der Waals surface area contributed by atoms with Gasteiger partial charge in [0.05, 0.1) is 9.39 Å². The molecule has 1 heterocycles. The first-order valence-corrected chi connectivity index (χ1v) is 8.05. The maximum Gasteiger partial charge on any atom is 0.0731 e. The molecule has 0 amide bonds. The predicted octanol–water partition coefficient (Wildman–Crippen LogP) is 4.67. The fourth-order valence-corrected chi connectivity index (χ4v) is 3.52. The van der Waals surface area contributed by atoms with Gasteiger partial charge in [0.15, 0.2) is 0 Å². The van der Waals surface area contributed by atoms with E-state index < -0.39 is 0 Å². The molecule has 1 atom stereocenters. The number of halogens is 1. The Morgan fingerprint density at radius 1 is 1.50 bits per heavy atom. The van der Waals surface area contributed by atoms with Gasteiger partial charge in [0.25, 0.3) is 0 Å². The van der Waals surface area contributed by atoms with E-state index in [9.17, 15) is 0 Å². The highest BCUT2D eigenvalue weighted by molar-refractivity contribution is 9.11. The zero-order valence-electron chi connectivity index (χ0n) is 12.0. The first-order valence-electron chi connectivity index (χ1n) is 6.44. The monoisotopic (exact) mass is 333 g/mol. The SMILES string of the molecule is CCNC(CCC(C)(C)OC)c1cc(C)c(Br)s1. The molecule has 104 valence electrons. The molecule has 1 aromatic heterocycles. The summed E-state index contributed by atoms with van der Waals surface area (Å²) in [5.74, 6) is 0. The molecular weight excluding hydrogens is 310 g/mol. The van der Waals surface area contributed by atoms with Crippen molar-refractivity contribution in [3.8, 4) is 0 Å². The highest BCUT2D eigenvalue weighted by Gasteiger charge is 2.21. The first-order chi connectivity index (χ1) is 8.39. The first kappa shape index (κ1) is 16.2. The van der Waals surface area contributed by atoms with Crippen LogP contribution in [0, 0.1) is 6.92 Å². The van der Waals surface area contributed by atoms with Crippen molar-refractivity contribution in [2.75, 3.05) is 13.7 Å². The zero-order valence-corrected chi connectivity index (χ0v) is 14.4. The zero-order chi connectivity index (χ0) is 13.8. The van der Waals surface area contributed by atoms with Crippen LogP contribution in [0.3, 0.4) is 0 Å². The third kappa shape index (κ3) is 4.65. The van der Waals surface area contributed by atoms with E-state index in [4.69, 9.17) is 4.74 Å². The van der Waals surface area contributed by atoms with Crippen molar-refractivity contribution in [3.63, 3.8) is 0 Å². The number of aryl methyl sites for hydroxylation is 1. The number of hydrogen-bond acceptors (Lipinski definition) is 3. The number of methoxy groups -OCH3 is 1. The molecule has 0 aliphatic rings. The van der Waals surface area contributed by atoms with Gasteiger partial charge in [0, 0.05) is 18.0 Å². The van der Waals surface area contributed by atoms with Crippen LogP contribution in [0.2, 0.25) is 0 Å². The fourth-order valence-electron chi connectivity index (χ4n) is 1.84. The van der Waals surface area contributed by atoms with E-state index in [0.717, 1.165) is 19.4 Å². The second kappa shape index (κ2) is 7.04. The molecule has 2 nitrogen and oxygen atoms in total. The van der Waals surface area contributed by atoms with E-state index in [2.05, 4.69) is 55.0 Å². The van der Waals surface area contributed by atoms with Gasteiger partial charge in [0.2, 0.25) is 0 Å². The maximum absolute atomic E-state index is 5.50. The Balaban J connectivity index is 2.71. The van der Waals surface area contributed by atoms with E-state index in [1.807, 2.05) is 11.3 Å². The van der Waals surface area contributed by atoms with Crippen LogP contribution in [0.15, 0.2) is 9.85 Å².